The van der Waals surface area contributed by atoms with Gasteiger partial charge in [0.2, 0.25) is 0 Å². The van der Waals surface area contributed by atoms with Crippen molar-refractivity contribution >= 4 is 5.91 Å². The number of halogens is 5. The number of nitrogens with one attached hydrogen (secondary N) is 2. The lowest BCUT2D eigenvalue weighted by Gasteiger charge is -2.31. The zero-order valence-electron chi connectivity index (χ0n) is 10.8. The first-order valence-corrected chi connectivity index (χ1v) is 6.33. The molecule has 0 aromatic heterocycles. The second kappa shape index (κ2) is 5.97. The van der Waals surface area contributed by atoms with Crippen LogP contribution in [0.5, 0.6) is 0 Å². The summed E-state index contributed by atoms with van der Waals surface area (Å²) in [5, 5.41) is 4.81. The fourth-order valence-corrected chi connectivity index (χ4v) is 2.17. The van der Waals surface area contributed by atoms with Crippen LogP contribution in [0.4, 0.5) is 22.0 Å². The Balaban J connectivity index is 1.91. The standard InChI is InChI=1S/C13H13F5N2O/c14-9-3-1-7(5-10(9)15)12(21)20-8-2-4-11(19-6-8)13(16,17)18/h1,3,5,8,11,19H,2,4,6H2,(H,20,21). The summed E-state index contributed by atoms with van der Waals surface area (Å²) in [5.74, 6) is -2.87. The minimum atomic E-state index is -4.31. The van der Waals surface area contributed by atoms with E-state index in [1.165, 1.54) is 0 Å². The minimum absolute atomic E-state index is 0.0282. The van der Waals surface area contributed by atoms with E-state index in [9.17, 15) is 26.7 Å². The lowest BCUT2D eigenvalue weighted by molar-refractivity contribution is -0.160. The summed E-state index contributed by atoms with van der Waals surface area (Å²) in [7, 11) is 0. The predicted octanol–water partition coefficient (Wildman–Crippen LogP) is 2.38. The molecule has 116 valence electrons. The SMILES string of the molecule is O=C(NC1CCC(C(F)(F)F)NC1)c1ccc(F)c(F)c1. The highest BCUT2D eigenvalue weighted by Gasteiger charge is 2.41. The van der Waals surface area contributed by atoms with Crippen LogP contribution >= 0.6 is 0 Å². The molecule has 21 heavy (non-hydrogen) atoms. The number of rotatable bonds is 2. The van der Waals surface area contributed by atoms with E-state index in [0.717, 1.165) is 18.2 Å². The molecule has 1 heterocycles. The van der Waals surface area contributed by atoms with Gasteiger partial charge in [-0.3, -0.25) is 4.79 Å². The number of carbonyl (C=O) groups is 1. The molecule has 0 spiro atoms. The summed E-state index contributed by atoms with van der Waals surface area (Å²) in [6.45, 7) is -0.0282. The highest BCUT2D eigenvalue weighted by atomic mass is 19.4. The van der Waals surface area contributed by atoms with E-state index in [2.05, 4.69) is 10.6 Å². The largest absolute Gasteiger partial charge is 0.403 e. The Hall–Kier alpha value is -1.70. The highest BCUT2D eigenvalue weighted by molar-refractivity contribution is 5.94. The maximum Gasteiger partial charge on any atom is 0.403 e. The van der Waals surface area contributed by atoms with E-state index in [1.54, 1.807) is 0 Å². The van der Waals surface area contributed by atoms with Gasteiger partial charge in [-0.05, 0) is 31.0 Å². The molecule has 1 aromatic rings. The van der Waals surface area contributed by atoms with Crippen LogP contribution in [-0.2, 0) is 0 Å². The Labute approximate surface area is 117 Å². The first-order chi connectivity index (χ1) is 9.77. The van der Waals surface area contributed by atoms with E-state index in [4.69, 9.17) is 0 Å². The van der Waals surface area contributed by atoms with Crippen LogP contribution in [0.2, 0.25) is 0 Å². The molecule has 1 fully saturated rings. The molecule has 1 amide bonds. The molecule has 0 saturated carbocycles. The zero-order chi connectivity index (χ0) is 15.6. The normalized spacial score (nSPS) is 22.9. The fourth-order valence-electron chi connectivity index (χ4n) is 2.17. The summed E-state index contributed by atoms with van der Waals surface area (Å²) in [5.41, 5.74) is -0.0770. The van der Waals surface area contributed by atoms with E-state index >= 15 is 0 Å². The second-order valence-corrected chi connectivity index (χ2v) is 4.88. The van der Waals surface area contributed by atoms with Gasteiger partial charge in [-0.1, -0.05) is 0 Å². The highest BCUT2D eigenvalue weighted by Crippen LogP contribution is 2.26. The van der Waals surface area contributed by atoms with Crippen molar-refractivity contribution < 1.29 is 26.7 Å². The molecule has 0 radical (unpaired) electrons. The third-order valence-corrected chi connectivity index (χ3v) is 3.33. The fraction of sp³-hybridized carbons (Fsp3) is 0.462. The van der Waals surface area contributed by atoms with Crippen molar-refractivity contribution in [2.24, 2.45) is 0 Å². The third kappa shape index (κ3) is 3.90. The molecule has 2 rings (SSSR count). The summed E-state index contributed by atoms with van der Waals surface area (Å²) in [6, 6.07) is 0.628. The summed E-state index contributed by atoms with van der Waals surface area (Å²) in [6.07, 6.45) is -4.30. The summed E-state index contributed by atoms with van der Waals surface area (Å²) in [4.78, 5) is 11.8. The number of alkyl halides is 3. The molecule has 2 unspecified atom stereocenters. The number of hydrogen-bond donors (Lipinski definition) is 2. The maximum absolute atomic E-state index is 13.0. The first kappa shape index (κ1) is 15.7. The molecule has 2 N–H and O–H groups in total. The van der Waals surface area contributed by atoms with Crippen molar-refractivity contribution in [1.29, 1.82) is 0 Å². The maximum atomic E-state index is 13.0. The van der Waals surface area contributed by atoms with Crippen LogP contribution in [-0.4, -0.2) is 30.7 Å². The minimum Gasteiger partial charge on any atom is -0.348 e. The summed E-state index contributed by atoms with van der Waals surface area (Å²) < 4.78 is 63.1. The Bertz CT molecular complexity index is 524. The molecule has 2 atom stereocenters. The molecule has 0 aliphatic carbocycles. The molecular weight excluding hydrogens is 295 g/mol. The average molecular weight is 308 g/mol. The van der Waals surface area contributed by atoms with Gasteiger partial charge in [0, 0.05) is 18.2 Å². The van der Waals surface area contributed by atoms with Crippen molar-refractivity contribution in [3.05, 3.63) is 35.4 Å². The monoisotopic (exact) mass is 308 g/mol. The quantitative estimate of drug-likeness (QED) is 0.824. The van der Waals surface area contributed by atoms with Gasteiger partial charge in [0.15, 0.2) is 11.6 Å². The van der Waals surface area contributed by atoms with Gasteiger partial charge in [0.05, 0.1) is 0 Å². The van der Waals surface area contributed by atoms with Crippen LogP contribution in [0.3, 0.4) is 0 Å². The molecule has 1 aliphatic rings. The van der Waals surface area contributed by atoms with Crippen LogP contribution in [0, 0.1) is 11.6 Å². The Morgan fingerprint density at radius 2 is 1.90 bits per heavy atom. The zero-order valence-corrected chi connectivity index (χ0v) is 10.8. The molecule has 1 aromatic carbocycles. The number of benzene rings is 1. The first-order valence-electron chi connectivity index (χ1n) is 6.33. The van der Waals surface area contributed by atoms with Gasteiger partial charge in [0.1, 0.15) is 6.04 Å². The van der Waals surface area contributed by atoms with Gasteiger partial charge in [-0.25, -0.2) is 8.78 Å². The lowest BCUT2D eigenvalue weighted by Crippen LogP contribution is -2.54. The molecule has 8 heteroatoms. The Morgan fingerprint density at radius 1 is 1.19 bits per heavy atom. The van der Waals surface area contributed by atoms with Crippen molar-refractivity contribution in [1.82, 2.24) is 10.6 Å². The molecule has 0 bridgehead atoms. The van der Waals surface area contributed by atoms with Crippen LogP contribution in [0.25, 0.3) is 0 Å². The lowest BCUT2D eigenvalue weighted by atomic mass is 10.00. The van der Waals surface area contributed by atoms with Crippen molar-refractivity contribution in [3.8, 4) is 0 Å². The molecule has 1 aliphatic heterocycles. The molecular formula is C13H13F5N2O. The Morgan fingerprint density at radius 3 is 2.43 bits per heavy atom. The van der Waals surface area contributed by atoms with Crippen molar-refractivity contribution in [3.63, 3.8) is 0 Å². The number of carbonyl (C=O) groups excluding carboxylic acids is 1. The predicted molar refractivity (Wildman–Crippen MR) is 64.7 cm³/mol. The van der Waals surface area contributed by atoms with E-state index in [-0.39, 0.29) is 24.9 Å². The molecule has 1 saturated heterocycles. The topological polar surface area (TPSA) is 41.1 Å². The summed E-state index contributed by atoms with van der Waals surface area (Å²) >= 11 is 0. The van der Waals surface area contributed by atoms with Crippen molar-refractivity contribution in [2.75, 3.05) is 6.54 Å². The smallest absolute Gasteiger partial charge is 0.348 e. The van der Waals surface area contributed by atoms with Gasteiger partial charge >= 0.3 is 6.18 Å². The van der Waals surface area contributed by atoms with E-state index < -0.39 is 35.8 Å². The van der Waals surface area contributed by atoms with Gasteiger partial charge < -0.3 is 10.6 Å². The second-order valence-electron chi connectivity index (χ2n) is 4.88. The average Bonchev–Trinajstić information content (AvgIpc) is 2.41. The van der Waals surface area contributed by atoms with Crippen LogP contribution < -0.4 is 10.6 Å². The number of piperidine rings is 1. The Kier molecular flexibility index (Phi) is 4.46. The van der Waals surface area contributed by atoms with Gasteiger partial charge in [-0.15, -0.1) is 0 Å². The number of amides is 1. The van der Waals surface area contributed by atoms with E-state index in [1.807, 2.05) is 0 Å². The van der Waals surface area contributed by atoms with Crippen molar-refractivity contribution in [2.45, 2.75) is 31.1 Å². The number of hydrogen-bond acceptors (Lipinski definition) is 2. The van der Waals surface area contributed by atoms with E-state index in [0.29, 0.717) is 0 Å². The van der Waals surface area contributed by atoms with Gasteiger partial charge in [-0.2, -0.15) is 13.2 Å². The van der Waals surface area contributed by atoms with Crippen LogP contribution in [0.15, 0.2) is 18.2 Å². The van der Waals surface area contributed by atoms with Crippen LogP contribution in [0.1, 0.15) is 23.2 Å². The van der Waals surface area contributed by atoms with Gasteiger partial charge in [0.25, 0.3) is 5.91 Å². The molecule has 3 nitrogen and oxygen atoms in total. The third-order valence-electron chi connectivity index (χ3n) is 3.33.